The first-order valence-corrected chi connectivity index (χ1v) is 17.5. The molecule has 1 unspecified atom stereocenters. The normalized spacial score (nSPS) is 17.2. The molecule has 0 saturated carbocycles. The van der Waals surface area contributed by atoms with Crippen LogP contribution in [0.1, 0.15) is 17.5 Å². The highest BCUT2D eigenvalue weighted by molar-refractivity contribution is 7.21. The predicted octanol–water partition coefficient (Wildman–Crippen LogP) is 4.17. The second-order valence-electron chi connectivity index (χ2n) is 12.8. The second-order valence-corrected chi connectivity index (χ2v) is 14.3. The van der Waals surface area contributed by atoms with Gasteiger partial charge in [-0.1, -0.05) is 35.9 Å². The summed E-state index contributed by atoms with van der Waals surface area (Å²) in [5.74, 6) is 0.0664. The molecule has 12 nitrogen and oxygen atoms in total. The van der Waals surface area contributed by atoms with Gasteiger partial charge in [-0.2, -0.15) is 4.98 Å². The Labute approximate surface area is 295 Å². The minimum absolute atomic E-state index is 0.0982. The van der Waals surface area contributed by atoms with Crippen LogP contribution >= 0.6 is 22.9 Å². The molecule has 5 heterocycles. The number of rotatable bonds is 6. The SMILES string of the molecule is Cc1ccc2nc(-c3ccc(N4C(=O)CC(N5CCN(c6nc7c(c(=O)n(C)c(=O)n7C)n6Cc6ccccc6Cl)CC5)C4=O)cc3)sc2c1. The smallest absolute Gasteiger partial charge is 0.332 e. The zero-order valence-corrected chi connectivity index (χ0v) is 29.2. The van der Waals surface area contributed by atoms with Gasteiger partial charge in [-0.05, 0) is 60.5 Å². The number of benzene rings is 3. The lowest BCUT2D eigenvalue weighted by molar-refractivity contribution is -0.123. The summed E-state index contributed by atoms with van der Waals surface area (Å²) in [4.78, 5) is 68.2. The average Bonchev–Trinajstić information content (AvgIpc) is 3.80. The van der Waals surface area contributed by atoms with E-state index in [0.29, 0.717) is 54.0 Å². The van der Waals surface area contributed by atoms with Gasteiger partial charge in [-0.15, -0.1) is 11.3 Å². The molecule has 0 spiro atoms. The molecule has 0 aliphatic carbocycles. The first-order valence-electron chi connectivity index (χ1n) is 16.3. The van der Waals surface area contributed by atoms with Crippen molar-refractivity contribution in [3.63, 3.8) is 0 Å². The number of anilines is 2. The first-order chi connectivity index (χ1) is 24.1. The van der Waals surface area contributed by atoms with Crippen LogP contribution in [0.3, 0.4) is 0 Å². The molecule has 3 aromatic heterocycles. The lowest BCUT2D eigenvalue weighted by Gasteiger charge is -2.37. The van der Waals surface area contributed by atoms with E-state index < -0.39 is 17.3 Å². The molecule has 50 heavy (non-hydrogen) atoms. The molecule has 3 aromatic carbocycles. The van der Waals surface area contributed by atoms with E-state index in [1.165, 1.54) is 22.1 Å². The number of carbonyl (C=O) groups excluding carboxylic acids is 2. The standard InChI is InChI=1S/C36H33ClN8O4S/c1-21-8-13-26-28(18-21)50-32(38-26)22-9-11-24(12-10-22)45-29(46)19-27(33(45)47)42-14-16-43(17-15-42)35-39-31-30(34(48)41(3)36(49)40(31)2)44(35)20-23-6-4-5-7-25(23)37/h4-13,18,27H,14-17,19-20H2,1-3H3. The van der Waals surface area contributed by atoms with E-state index in [2.05, 4.69) is 17.9 Å². The maximum atomic E-state index is 13.8. The van der Waals surface area contributed by atoms with Crippen molar-refractivity contribution >= 4 is 67.8 Å². The van der Waals surface area contributed by atoms with Crippen LogP contribution in [0.2, 0.25) is 5.02 Å². The van der Waals surface area contributed by atoms with Crippen LogP contribution < -0.4 is 21.0 Å². The number of hydrogen-bond acceptors (Lipinski definition) is 9. The summed E-state index contributed by atoms with van der Waals surface area (Å²) in [6, 6.07) is 20.5. The Kier molecular flexibility index (Phi) is 7.93. The van der Waals surface area contributed by atoms with Gasteiger partial charge >= 0.3 is 5.69 Å². The number of fused-ring (bicyclic) bond motifs is 2. The van der Waals surface area contributed by atoms with Crippen LogP contribution in [0.4, 0.5) is 11.6 Å². The quantitative estimate of drug-likeness (QED) is 0.237. The molecule has 0 N–H and O–H groups in total. The molecule has 2 aliphatic heterocycles. The van der Waals surface area contributed by atoms with Crippen molar-refractivity contribution in [2.45, 2.75) is 25.9 Å². The molecular formula is C36H33ClN8O4S. The molecule has 8 rings (SSSR count). The summed E-state index contributed by atoms with van der Waals surface area (Å²) in [7, 11) is 3.05. The summed E-state index contributed by atoms with van der Waals surface area (Å²) in [5.41, 5.74) is 4.10. The minimum Gasteiger partial charge on any atom is -0.340 e. The van der Waals surface area contributed by atoms with Crippen LogP contribution in [0.15, 0.2) is 76.3 Å². The van der Waals surface area contributed by atoms with E-state index in [1.807, 2.05) is 64.1 Å². The van der Waals surface area contributed by atoms with Gasteiger partial charge in [0.15, 0.2) is 11.2 Å². The topological polar surface area (TPSA) is 119 Å². The Balaban J connectivity index is 1.02. The molecule has 1 atom stereocenters. The van der Waals surface area contributed by atoms with E-state index in [1.54, 1.807) is 24.5 Å². The third-order valence-electron chi connectivity index (χ3n) is 9.69. The van der Waals surface area contributed by atoms with Crippen LogP contribution in [-0.4, -0.2) is 72.6 Å². The number of hydrogen-bond donors (Lipinski definition) is 0. The van der Waals surface area contributed by atoms with Gasteiger partial charge in [0.2, 0.25) is 11.9 Å². The summed E-state index contributed by atoms with van der Waals surface area (Å²) < 4.78 is 5.39. The highest BCUT2D eigenvalue weighted by Crippen LogP contribution is 2.34. The van der Waals surface area contributed by atoms with Gasteiger partial charge in [0, 0.05) is 50.9 Å². The Bertz CT molecular complexity index is 2460. The van der Waals surface area contributed by atoms with Crippen molar-refractivity contribution in [1.29, 1.82) is 0 Å². The number of aromatic nitrogens is 5. The molecular weight excluding hydrogens is 676 g/mol. The fraction of sp³-hybridized carbons (Fsp3) is 0.278. The number of imide groups is 1. The summed E-state index contributed by atoms with van der Waals surface area (Å²) in [6.07, 6.45) is 0.0982. The van der Waals surface area contributed by atoms with E-state index in [0.717, 1.165) is 30.9 Å². The molecule has 2 amide bonds. The number of nitrogens with zero attached hydrogens (tertiary/aromatic N) is 8. The van der Waals surface area contributed by atoms with Crippen molar-refractivity contribution in [3.05, 3.63) is 104 Å². The van der Waals surface area contributed by atoms with Gasteiger partial charge in [0.1, 0.15) is 5.01 Å². The van der Waals surface area contributed by atoms with E-state index in [4.69, 9.17) is 21.6 Å². The highest BCUT2D eigenvalue weighted by atomic mass is 35.5. The molecule has 6 aromatic rings. The molecule has 0 radical (unpaired) electrons. The molecule has 14 heteroatoms. The van der Waals surface area contributed by atoms with Crippen molar-refractivity contribution in [2.75, 3.05) is 36.0 Å². The Morgan fingerprint density at radius 3 is 2.36 bits per heavy atom. The number of aryl methyl sites for hydroxylation is 2. The predicted molar refractivity (Wildman–Crippen MR) is 195 cm³/mol. The van der Waals surface area contributed by atoms with Gasteiger partial charge in [-0.25, -0.2) is 14.7 Å². The van der Waals surface area contributed by atoms with Crippen LogP contribution in [0.5, 0.6) is 0 Å². The van der Waals surface area contributed by atoms with Gasteiger partial charge in [0.05, 0.1) is 34.9 Å². The largest absolute Gasteiger partial charge is 0.340 e. The third kappa shape index (κ3) is 5.32. The Morgan fingerprint density at radius 2 is 1.62 bits per heavy atom. The lowest BCUT2D eigenvalue weighted by Crippen LogP contribution is -2.53. The zero-order chi connectivity index (χ0) is 34.8. The molecule has 0 bridgehead atoms. The number of carbonyl (C=O) groups is 2. The third-order valence-corrected chi connectivity index (χ3v) is 11.1. The Morgan fingerprint density at radius 1 is 0.880 bits per heavy atom. The van der Waals surface area contributed by atoms with Crippen LogP contribution in [-0.2, 0) is 30.2 Å². The van der Waals surface area contributed by atoms with Crippen molar-refractivity contribution in [3.8, 4) is 10.6 Å². The van der Waals surface area contributed by atoms with E-state index >= 15 is 0 Å². The van der Waals surface area contributed by atoms with E-state index in [9.17, 15) is 19.2 Å². The zero-order valence-electron chi connectivity index (χ0n) is 27.7. The number of piperazine rings is 1. The molecule has 2 aliphatic rings. The number of thiazole rings is 1. The van der Waals surface area contributed by atoms with E-state index in [-0.39, 0.29) is 24.8 Å². The summed E-state index contributed by atoms with van der Waals surface area (Å²) >= 11 is 8.14. The highest BCUT2D eigenvalue weighted by Gasteiger charge is 2.43. The number of imidazole rings is 1. The summed E-state index contributed by atoms with van der Waals surface area (Å²) in [6.45, 7) is 4.32. The number of halogens is 1. The van der Waals surface area contributed by atoms with Crippen molar-refractivity contribution < 1.29 is 9.59 Å². The van der Waals surface area contributed by atoms with Gasteiger partial charge in [0.25, 0.3) is 11.5 Å². The molecule has 2 fully saturated rings. The second kappa shape index (κ2) is 12.3. The minimum atomic E-state index is -0.577. The maximum Gasteiger partial charge on any atom is 0.332 e. The fourth-order valence-corrected chi connectivity index (χ4v) is 8.20. The number of amides is 2. The fourth-order valence-electron chi connectivity index (χ4n) is 6.94. The van der Waals surface area contributed by atoms with Crippen molar-refractivity contribution in [2.24, 2.45) is 14.1 Å². The molecule has 2 saturated heterocycles. The van der Waals surface area contributed by atoms with Crippen LogP contribution in [0, 0.1) is 6.92 Å². The maximum absolute atomic E-state index is 13.8. The van der Waals surface area contributed by atoms with Gasteiger partial charge in [-0.3, -0.25) is 33.0 Å². The average molecular weight is 709 g/mol. The van der Waals surface area contributed by atoms with Gasteiger partial charge < -0.3 is 4.90 Å². The first kappa shape index (κ1) is 32.1. The molecule has 254 valence electrons. The van der Waals surface area contributed by atoms with Crippen molar-refractivity contribution in [1.82, 2.24) is 28.6 Å². The Hall–Kier alpha value is -5.11. The van der Waals surface area contributed by atoms with Crippen LogP contribution in [0.25, 0.3) is 32.0 Å². The summed E-state index contributed by atoms with van der Waals surface area (Å²) in [5, 5.41) is 1.44. The lowest BCUT2D eigenvalue weighted by atomic mass is 10.1. The monoisotopic (exact) mass is 708 g/mol.